The summed E-state index contributed by atoms with van der Waals surface area (Å²) in [5.41, 5.74) is 6.01. The van der Waals surface area contributed by atoms with Gasteiger partial charge in [-0.05, 0) is 24.6 Å². The monoisotopic (exact) mass is 297 g/mol. The van der Waals surface area contributed by atoms with Gasteiger partial charge in [0.1, 0.15) is 5.01 Å². The Hall–Kier alpha value is -0.750. The number of hydrazine groups is 1. The van der Waals surface area contributed by atoms with Gasteiger partial charge in [0.15, 0.2) is 0 Å². The van der Waals surface area contributed by atoms with E-state index in [-0.39, 0.29) is 0 Å². The standard InChI is InChI=1S/C11H12BrN3S/c1-7-2-3-8(12)4-9(7)10-6-16-11(15-10)5-14-13/h2-4,6,14H,5,13H2,1H3. The minimum atomic E-state index is 0.609. The Morgan fingerprint density at radius 2 is 2.31 bits per heavy atom. The summed E-state index contributed by atoms with van der Waals surface area (Å²) in [6.07, 6.45) is 0. The molecule has 0 radical (unpaired) electrons. The van der Waals surface area contributed by atoms with Crippen molar-refractivity contribution in [2.24, 2.45) is 5.84 Å². The number of nitrogens with zero attached hydrogens (tertiary/aromatic N) is 1. The number of nitrogens with one attached hydrogen (secondary N) is 1. The van der Waals surface area contributed by atoms with Crippen molar-refractivity contribution < 1.29 is 0 Å². The van der Waals surface area contributed by atoms with Crippen LogP contribution in [0, 0.1) is 6.92 Å². The summed E-state index contributed by atoms with van der Waals surface area (Å²) in [7, 11) is 0. The van der Waals surface area contributed by atoms with Crippen molar-refractivity contribution in [3.63, 3.8) is 0 Å². The summed E-state index contributed by atoms with van der Waals surface area (Å²) < 4.78 is 1.07. The first-order valence-electron chi connectivity index (χ1n) is 4.85. The average Bonchev–Trinajstić information content (AvgIpc) is 2.71. The number of aromatic nitrogens is 1. The molecule has 0 unspecified atom stereocenters. The Balaban J connectivity index is 2.38. The number of thiazole rings is 1. The van der Waals surface area contributed by atoms with Gasteiger partial charge in [0, 0.05) is 15.4 Å². The fourth-order valence-electron chi connectivity index (χ4n) is 1.47. The van der Waals surface area contributed by atoms with Gasteiger partial charge in [-0.25, -0.2) is 4.98 Å². The number of hydrogen-bond acceptors (Lipinski definition) is 4. The molecule has 0 bridgehead atoms. The molecule has 0 amide bonds. The third-order valence-electron chi connectivity index (χ3n) is 2.28. The lowest BCUT2D eigenvalue weighted by Gasteiger charge is -2.02. The maximum absolute atomic E-state index is 5.27. The summed E-state index contributed by atoms with van der Waals surface area (Å²) in [6, 6.07) is 6.21. The van der Waals surface area contributed by atoms with Crippen molar-refractivity contribution in [1.29, 1.82) is 0 Å². The zero-order valence-corrected chi connectivity index (χ0v) is 11.2. The molecule has 1 aromatic heterocycles. The fraction of sp³-hybridized carbons (Fsp3) is 0.182. The molecular formula is C11H12BrN3S. The third-order valence-corrected chi connectivity index (χ3v) is 3.62. The van der Waals surface area contributed by atoms with Crippen LogP contribution in [0.2, 0.25) is 0 Å². The predicted molar refractivity (Wildman–Crippen MR) is 71.0 cm³/mol. The van der Waals surface area contributed by atoms with E-state index in [2.05, 4.69) is 50.8 Å². The smallest absolute Gasteiger partial charge is 0.108 e. The molecular weight excluding hydrogens is 286 g/mol. The second-order valence-electron chi connectivity index (χ2n) is 3.47. The van der Waals surface area contributed by atoms with Gasteiger partial charge in [-0.3, -0.25) is 11.3 Å². The number of aryl methyl sites for hydroxylation is 1. The van der Waals surface area contributed by atoms with Crippen LogP contribution in [0.3, 0.4) is 0 Å². The molecule has 16 heavy (non-hydrogen) atoms. The van der Waals surface area contributed by atoms with Crippen LogP contribution in [0.4, 0.5) is 0 Å². The third kappa shape index (κ3) is 2.49. The molecule has 2 aromatic rings. The van der Waals surface area contributed by atoms with Gasteiger partial charge in [0.25, 0.3) is 0 Å². The molecule has 0 fully saturated rings. The van der Waals surface area contributed by atoms with E-state index in [0.29, 0.717) is 6.54 Å². The van der Waals surface area contributed by atoms with Gasteiger partial charge in [-0.2, -0.15) is 0 Å². The van der Waals surface area contributed by atoms with Crippen molar-refractivity contribution in [2.45, 2.75) is 13.5 Å². The molecule has 0 aliphatic carbocycles. The molecule has 3 N–H and O–H groups in total. The van der Waals surface area contributed by atoms with E-state index in [1.807, 2.05) is 6.07 Å². The van der Waals surface area contributed by atoms with Gasteiger partial charge in [0.2, 0.25) is 0 Å². The summed E-state index contributed by atoms with van der Waals surface area (Å²) in [5, 5.41) is 3.05. The van der Waals surface area contributed by atoms with E-state index in [0.717, 1.165) is 20.7 Å². The van der Waals surface area contributed by atoms with E-state index >= 15 is 0 Å². The summed E-state index contributed by atoms with van der Waals surface area (Å²) in [4.78, 5) is 4.53. The van der Waals surface area contributed by atoms with E-state index in [4.69, 9.17) is 5.84 Å². The van der Waals surface area contributed by atoms with Gasteiger partial charge in [-0.1, -0.05) is 22.0 Å². The molecule has 1 heterocycles. The maximum atomic E-state index is 5.27. The van der Waals surface area contributed by atoms with Crippen molar-refractivity contribution in [3.8, 4) is 11.3 Å². The van der Waals surface area contributed by atoms with Crippen LogP contribution in [-0.2, 0) is 6.54 Å². The second-order valence-corrected chi connectivity index (χ2v) is 5.32. The Bertz CT molecular complexity index is 496. The van der Waals surface area contributed by atoms with Gasteiger partial charge in [0.05, 0.1) is 12.2 Å². The molecule has 0 spiro atoms. The normalized spacial score (nSPS) is 10.7. The summed E-state index contributed by atoms with van der Waals surface area (Å²) in [5.74, 6) is 5.27. The molecule has 5 heteroatoms. The molecule has 0 aliphatic heterocycles. The van der Waals surface area contributed by atoms with E-state index in [9.17, 15) is 0 Å². The SMILES string of the molecule is Cc1ccc(Br)cc1-c1csc(CNN)n1. The van der Waals surface area contributed by atoms with E-state index in [1.54, 1.807) is 11.3 Å². The average molecular weight is 298 g/mol. The molecule has 0 aliphatic rings. The van der Waals surface area contributed by atoms with Crippen molar-refractivity contribution in [3.05, 3.63) is 38.6 Å². The largest absolute Gasteiger partial charge is 0.271 e. The lowest BCUT2D eigenvalue weighted by atomic mass is 10.1. The lowest BCUT2D eigenvalue weighted by molar-refractivity contribution is 0.737. The Morgan fingerprint density at radius 1 is 1.50 bits per heavy atom. The van der Waals surface area contributed by atoms with Gasteiger partial charge in [-0.15, -0.1) is 11.3 Å². The van der Waals surface area contributed by atoms with E-state index in [1.165, 1.54) is 5.56 Å². The fourth-order valence-corrected chi connectivity index (χ4v) is 2.58. The van der Waals surface area contributed by atoms with Gasteiger partial charge < -0.3 is 0 Å². The molecule has 2 rings (SSSR count). The Morgan fingerprint density at radius 3 is 3.06 bits per heavy atom. The molecule has 1 aromatic carbocycles. The van der Waals surface area contributed by atoms with Crippen LogP contribution in [-0.4, -0.2) is 4.98 Å². The second kappa shape index (κ2) is 5.05. The highest BCUT2D eigenvalue weighted by Gasteiger charge is 2.07. The Labute approximate surface area is 107 Å². The van der Waals surface area contributed by atoms with Crippen LogP contribution >= 0.6 is 27.3 Å². The summed E-state index contributed by atoms with van der Waals surface area (Å²) in [6.45, 7) is 2.69. The zero-order chi connectivity index (χ0) is 11.5. The number of halogens is 1. The molecule has 0 saturated heterocycles. The van der Waals surface area contributed by atoms with Crippen molar-refractivity contribution >= 4 is 27.3 Å². The zero-order valence-electron chi connectivity index (χ0n) is 8.83. The number of nitrogens with two attached hydrogens (primary N) is 1. The minimum absolute atomic E-state index is 0.609. The van der Waals surface area contributed by atoms with Crippen LogP contribution in [0.1, 0.15) is 10.6 Å². The van der Waals surface area contributed by atoms with Crippen LogP contribution < -0.4 is 11.3 Å². The number of hydrogen-bond donors (Lipinski definition) is 2. The Kier molecular flexibility index (Phi) is 3.70. The van der Waals surface area contributed by atoms with E-state index < -0.39 is 0 Å². The first-order chi connectivity index (χ1) is 7.70. The predicted octanol–water partition coefficient (Wildman–Crippen LogP) is 2.84. The molecule has 0 atom stereocenters. The van der Waals surface area contributed by atoms with Crippen molar-refractivity contribution in [2.75, 3.05) is 0 Å². The minimum Gasteiger partial charge on any atom is -0.271 e. The van der Waals surface area contributed by atoms with Gasteiger partial charge >= 0.3 is 0 Å². The molecule has 3 nitrogen and oxygen atoms in total. The maximum Gasteiger partial charge on any atom is 0.108 e. The highest BCUT2D eigenvalue weighted by Crippen LogP contribution is 2.27. The topological polar surface area (TPSA) is 50.9 Å². The van der Waals surface area contributed by atoms with Crippen LogP contribution in [0.25, 0.3) is 11.3 Å². The quantitative estimate of drug-likeness (QED) is 0.677. The first-order valence-corrected chi connectivity index (χ1v) is 6.52. The lowest BCUT2D eigenvalue weighted by Crippen LogP contribution is -2.20. The van der Waals surface area contributed by atoms with Crippen molar-refractivity contribution in [1.82, 2.24) is 10.4 Å². The highest BCUT2D eigenvalue weighted by atomic mass is 79.9. The summed E-state index contributed by atoms with van der Waals surface area (Å²) >= 11 is 5.09. The molecule has 0 saturated carbocycles. The van der Waals surface area contributed by atoms with Crippen LogP contribution in [0.15, 0.2) is 28.1 Å². The van der Waals surface area contributed by atoms with Crippen LogP contribution in [0.5, 0.6) is 0 Å². The first kappa shape index (κ1) is 11.7. The number of benzene rings is 1. The number of rotatable bonds is 3. The highest BCUT2D eigenvalue weighted by molar-refractivity contribution is 9.10. The molecule has 84 valence electrons.